The third kappa shape index (κ3) is 3.09. The van der Waals surface area contributed by atoms with Crippen molar-refractivity contribution in [2.45, 2.75) is 26.3 Å². The molecule has 1 fully saturated rings. The second-order valence-corrected chi connectivity index (χ2v) is 6.19. The molecule has 7 heteroatoms. The number of carbonyl (C=O) groups excluding carboxylic acids is 1. The Bertz CT molecular complexity index is 481. The third-order valence-corrected chi connectivity index (χ3v) is 4.50. The first kappa shape index (κ1) is 14.8. The largest absolute Gasteiger partial charge is 0.481 e. The van der Waals surface area contributed by atoms with E-state index in [4.69, 9.17) is 0 Å². The van der Waals surface area contributed by atoms with E-state index in [-0.39, 0.29) is 6.03 Å². The Kier molecular flexibility index (Phi) is 4.27. The van der Waals surface area contributed by atoms with E-state index in [1.54, 1.807) is 29.3 Å². The van der Waals surface area contributed by atoms with Crippen LogP contribution in [0.1, 0.15) is 25.5 Å². The smallest absolute Gasteiger partial charge is 0.320 e. The highest BCUT2D eigenvalue weighted by atomic mass is 32.1. The van der Waals surface area contributed by atoms with Crippen molar-refractivity contribution in [1.82, 2.24) is 14.8 Å². The Morgan fingerprint density at radius 1 is 1.50 bits per heavy atom. The normalized spacial score (nSPS) is 17.8. The molecule has 110 valence electrons. The Balaban J connectivity index is 1.90. The Hall–Kier alpha value is -1.63. The molecule has 1 N–H and O–H groups in total. The van der Waals surface area contributed by atoms with Crippen LogP contribution >= 0.6 is 11.3 Å². The first-order chi connectivity index (χ1) is 9.42. The van der Waals surface area contributed by atoms with Crippen LogP contribution in [0.5, 0.6) is 0 Å². The minimum absolute atomic E-state index is 0.0644. The molecule has 1 aliphatic rings. The van der Waals surface area contributed by atoms with Crippen LogP contribution in [-0.4, -0.2) is 52.0 Å². The quantitative estimate of drug-likeness (QED) is 0.924. The van der Waals surface area contributed by atoms with Crippen LogP contribution in [0.25, 0.3) is 0 Å². The van der Waals surface area contributed by atoms with Crippen LogP contribution in [0.2, 0.25) is 0 Å². The summed E-state index contributed by atoms with van der Waals surface area (Å²) < 4.78 is 0. The zero-order valence-corrected chi connectivity index (χ0v) is 12.5. The number of hydrogen-bond donors (Lipinski definition) is 1. The predicted octanol–water partition coefficient (Wildman–Crippen LogP) is 1.88. The van der Waals surface area contributed by atoms with Crippen LogP contribution in [0.4, 0.5) is 4.79 Å². The molecule has 0 saturated carbocycles. The minimum Gasteiger partial charge on any atom is -0.481 e. The number of nitrogens with zero attached hydrogens (tertiary/aromatic N) is 3. The van der Waals surface area contributed by atoms with Gasteiger partial charge in [0, 0.05) is 25.5 Å². The highest BCUT2D eigenvalue weighted by molar-refractivity contribution is 7.07. The molecular formula is C13H19N3O3S. The van der Waals surface area contributed by atoms with Crippen LogP contribution in [0, 0.1) is 5.41 Å². The summed E-state index contributed by atoms with van der Waals surface area (Å²) in [5.74, 6) is -0.777. The van der Waals surface area contributed by atoms with Crippen molar-refractivity contribution in [2.24, 2.45) is 5.41 Å². The maximum Gasteiger partial charge on any atom is 0.320 e. The lowest BCUT2D eigenvalue weighted by Gasteiger charge is -2.38. The van der Waals surface area contributed by atoms with E-state index in [0.29, 0.717) is 32.5 Å². The van der Waals surface area contributed by atoms with Crippen LogP contribution in [0.15, 0.2) is 10.9 Å². The summed E-state index contributed by atoms with van der Waals surface area (Å²) in [6, 6.07) is -0.0644. The van der Waals surface area contributed by atoms with Crippen molar-refractivity contribution < 1.29 is 14.7 Å². The van der Waals surface area contributed by atoms with E-state index in [1.165, 1.54) is 11.3 Å². The molecule has 0 bridgehead atoms. The van der Waals surface area contributed by atoms with Gasteiger partial charge in [0.15, 0.2) is 0 Å². The molecule has 1 saturated heterocycles. The van der Waals surface area contributed by atoms with Crippen molar-refractivity contribution >= 4 is 23.3 Å². The second kappa shape index (κ2) is 5.78. The van der Waals surface area contributed by atoms with Crippen molar-refractivity contribution in [2.75, 3.05) is 20.1 Å². The van der Waals surface area contributed by atoms with Gasteiger partial charge in [0.05, 0.1) is 23.2 Å². The summed E-state index contributed by atoms with van der Waals surface area (Å²) in [6.07, 6.45) is 0.997. The second-order valence-electron chi connectivity index (χ2n) is 5.47. The number of piperidine rings is 1. The molecule has 1 aromatic rings. The molecule has 0 atom stereocenters. The number of carboxylic acids is 1. The minimum atomic E-state index is -0.777. The molecule has 2 heterocycles. The van der Waals surface area contributed by atoms with E-state index in [2.05, 4.69) is 4.98 Å². The Morgan fingerprint density at radius 2 is 2.15 bits per heavy atom. The summed E-state index contributed by atoms with van der Waals surface area (Å²) in [6.45, 7) is 3.21. The van der Waals surface area contributed by atoms with Gasteiger partial charge in [-0.1, -0.05) is 0 Å². The van der Waals surface area contributed by atoms with Crippen molar-refractivity contribution in [1.29, 1.82) is 0 Å². The molecule has 0 aliphatic carbocycles. The lowest BCUT2D eigenvalue weighted by Crippen LogP contribution is -2.48. The standard InChI is InChI=1S/C13H19N3O3S/c1-13(11(17)18)3-5-16(6-4-13)12(19)15(2)7-10-8-20-9-14-10/h8-9H,3-7H2,1-2H3,(H,17,18). The number of hydrogen-bond acceptors (Lipinski definition) is 4. The van der Waals surface area contributed by atoms with Crippen molar-refractivity contribution in [3.8, 4) is 0 Å². The Labute approximate surface area is 122 Å². The highest BCUT2D eigenvalue weighted by Gasteiger charge is 2.38. The van der Waals surface area contributed by atoms with E-state index < -0.39 is 11.4 Å². The van der Waals surface area contributed by atoms with E-state index in [9.17, 15) is 14.7 Å². The molecule has 20 heavy (non-hydrogen) atoms. The van der Waals surface area contributed by atoms with E-state index in [0.717, 1.165) is 5.69 Å². The maximum atomic E-state index is 12.3. The van der Waals surface area contributed by atoms with Crippen LogP contribution in [-0.2, 0) is 11.3 Å². The van der Waals surface area contributed by atoms with Gasteiger partial charge in [0.1, 0.15) is 0 Å². The van der Waals surface area contributed by atoms with E-state index in [1.807, 2.05) is 5.38 Å². The highest BCUT2D eigenvalue weighted by Crippen LogP contribution is 2.31. The van der Waals surface area contributed by atoms with Gasteiger partial charge in [0.25, 0.3) is 0 Å². The molecule has 0 unspecified atom stereocenters. The number of carbonyl (C=O) groups is 2. The van der Waals surface area contributed by atoms with Crippen molar-refractivity contribution in [3.05, 3.63) is 16.6 Å². The van der Waals surface area contributed by atoms with Gasteiger partial charge >= 0.3 is 12.0 Å². The molecule has 1 aromatic heterocycles. The number of amides is 2. The molecule has 1 aliphatic heterocycles. The zero-order chi connectivity index (χ0) is 14.8. The molecule has 2 rings (SSSR count). The third-order valence-electron chi connectivity index (χ3n) is 3.86. The fourth-order valence-corrected chi connectivity index (χ4v) is 2.82. The number of aromatic nitrogens is 1. The first-order valence-electron chi connectivity index (χ1n) is 6.53. The van der Waals surface area contributed by atoms with Crippen molar-refractivity contribution in [3.63, 3.8) is 0 Å². The SMILES string of the molecule is CN(Cc1cscn1)C(=O)N1CCC(C)(C(=O)O)CC1. The molecule has 6 nitrogen and oxygen atoms in total. The van der Waals surface area contributed by atoms with Gasteiger partial charge in [-0.3, -0.25) is 4.79 Å². The van der Waals surface area contributed by atoms with E-state index >= 15 is 0 Å². The molecule has 0 radical (unpaired) electrons. The summed E-state index contributed by atoms with van der Waals surface area (Å²) in [7, 11) is 1.74. The summed E-state index contributed by atoms with van der Waals surface area (Å²) >= 11 is 1.50. The first-order valence-corrected chi connectivity index (χ1v) is 7.47. The van der Waals surface area contributed by atoms with Crippen LogP contribution < -0.4 is 0 Å². The van der Waals surface area contributed by atoms with Gasteiger partial charge in [0.2, 0.25) is 0 Å². The molecule has 0 aromatic carbocycles. The number of thiazole rings is 1. The lowest BCUT2D eigenvalue weighted by molar-refractivity contribution is -0.150. The number of urea groups is 1. The summed E-state index contributed by atoms with van der Waals surface area (Å²) in [5.41, 5.74) is 1.91. The fourth-order valence-electron chi connectivity index (χ4n) is 2.27. The molecule has 2 amide bonds. The monoisotopic (exact) mass is 297 g/mol. The number of rotatable bonds is 3. The number of aliphatic carboxylic acids is 1. The number of carboxylic acid groups (broad SMARTS) is 1. The molecular weight excluding hydrogens is 278 g/mol. The van der Waals surface area contributed by atoms with Gasteiger partial charge in [-0.25, -0.2) is 9.78 Å². The lowest BCUT2D eigenvalue weighted by atomic mass is 9.80. The van der Waals surface area contributed by atoms with Gasteiger partial charge < -0.3 is 14.9 Å². The van der Waals surface area contributed by atoms with Gasteiger partial charge in [-0.15, -0.1) is 11.3 Å². The average molecular weight is 297 g/mol. The van der Waals surface area contributed by atoms with Gasteiger partial charge in [-0.2, -0.15) is 0 Å². The number of likely N-dealkylation sites (tertiary alicyclic amines) is 1. The maximum absolute atomic E-state index is 12.3. The topological polar surface area (TPSA) is 73.7 Å². The summed E-state index contributed by atoms with van der Waals surface area (Å²) in [4.78, 5) is 31.0. The average Bonchev–Trinajstić information content (AvgIpc) is 2.91. The fraction of sp³-hybridized carbons (Fsp3) is 0.615. The molecule has 0 spiro atoms. The zero-order valence-electron chi connectivity index (χ0n) is 11.7. The predicted molar refractivity (Wildman–Crippen MR) is 75.5 cm³/mol. The van der Waals surface area contributed by atoms with Gasteiger partial charge in [-0.05, 0) is 19.8 Å². The summed E-state index contributed by atoms with van der Waals surface area (Å²) in [5, 5.41) is 11.1. The van der Waals surface area contributed by atoms with Crippen LogP contribution in [0.3, 0.4) is 0 Å². The Morgan fingerprint density at radius 3 is 2.65 bits per heavy atom.